The number of hydrogen-bond acceptors (Lipinski definition) is 5. The summed E-state index contributed by atoms with van der Waals surface area (Å²) in [6.07, 6.45) is 0.415. The van der Waals surface area contributed by atoms with Crippen LogP contribution in [-0.4, -0.2) is 40.1 Å². The first-order chi connectivity index (χ1) is 10.5. The highest BCUT2D eigenvalue weighted by atomic mass is 32.1. The molecule has 1 heterocycles. The number of nitro groups is 1. The second-order valence-electron chi connectivity index (χ2n) is 5.11. The first-order valence-corrected chi connectivity index (χ1v) is 7.42. The first-order valence-electron chi connectivity index (χ1n) is 6.90. The van der Waals surface area contributed by atoms with Gasteiger partial charge < -0.3 is 14.8 Å². The zero-order chi connectivity index (χ0) is 16.1. The number of nitro benzene ring substituents is 1. The van der Waals surface area contributed by atoms with Crippen LogP contribution in [0.1, 0.15) is 18.4 Å². The van der Waals surface area contributed by atoms with Crippen LogP contribution in [0.25, 0.3) is 0 Å². The minimum atomic E-state index is -1.46. The number of likely N-dealkylation sites (tertiary alicyclic amines) is 1. The summed E-state index contributed by atoms with van der Waals surface area (Å²) < 4.78 is 0. The van der Waals surface area contributed by atoms with Crippen LogP contribution in [0.3, 0.4) is 0 Å². The molecule has 0 unspecified atom stereocenters. The lowest BCUT2D eigenvalue weighted by atomic mass is 10.1. The Morgan fingerprint density at radius 3 is 2.59 bits per heavy atom. The first kappa shape index (κ1) is 16.3. The molecule has 1 aromatic rings. The maximum atomic E-state index is 10.8. The highest BCUT2D eigenvalue weighted by Gasteiger charge is 2.22. The van der Waals surface area contributed by atoms with E-state index in [4.69, 9.17) is 0 Å². The van der Waals surface area contributed by atoms with E-state index in [0.717, 1.165) is 18.5 Å². The minimum absolute atomic E-state index is 0.0323. The number of thiol groups is 1. The van der Waals surface area contributed by atoms with Crippen molar-refractivity contribution in [1.82, 2.24) is 4.90 Å². The third-order valence-corrected chi connectivity index (χ3v) is 3.95. The molecule has 1 saturated heterocycles. The number of carboxylic acid groups (broad SMARTS) is 1. The zero-order valence-corrected chi connectivity index (χ0v) is 12.7. The Balaban J connectivity index is 2.02. The fraction of sp³-hybridized carbons (Fsp3) is 0.429. The maximum absolute atomic E-state index is 10.8. The van der Waals surface area contributed by atoms with Gasteiger partial charge in [0.1, 0.15) is 5.84 Å². The third-order valence-electron chi connectivity index (χ3n) is 3.53. The predicted octanol–water partition coefficient (Wildman–Crippen LogP) is 1.27. The second kappa shape index (κ2) is 7.26. The van der Waals surface area contributed by atoms with Crippen molar-refractivity contribution in [1.29, 1.82) is 0 Å². The van der Waals surface area contributed by atoms with Gasteiger partial charge in [-0.3, -0.25) is 10.1 Å². The van der Waals surface area contributed by atoms with Gasteiger partial charge in [-0.15, -0.1) is 0 Å². The highest BCUT2D eigenvalue weighted by Crippen LogP contribution is 2.18. The molecule has 22 heavy (non-hydrogen) atoms. The average Bonchev–Trinajstić information content (AvgIpc) is 2.90. The molecule has 8 heteroatoms. The van der Waals surface area contributed by atoms with Crippen molar-refractivity contribution in [3.8, 4) is 0 Å². The van der Waals surface area contributed by atoms with E-state index in [-0.39, 0.29) is 10.9 Å². The lowest BCUT2D eigenvalue weighted by Gasteiger charge is -2.20. The molecule has 1 aliphatic rings. The number of rotatable bonds is 4. The van der Waals surface area contributed by atoms with Gasteiger partial charge in [0, 0.05) is 36.9 Å². The molecule has 0 aromatic heterocycles. The Morgan fingerprint density at radius 2 is 2.09 bits per heavy atom. The van der Waals surface area contributed by atoms with E-state index in [1.807, 2.05) is 4.90 Å². The number of amidine groups is 1. The molecule has 1 amide bonds. The largest absolute Gasteiger partial charge is 0.528 e. The van der Waals surface area contributed by atoms with Crippen LogP contribution in [0.5, 0.6) is 0 Å². The summed E-state index contributed by atoms with van der Waals surface area (Å²) in [5, 5.41) is 21.6. The Morgan fingerprint density at radius 1 is 1.41 bits per heavy atom. The monoisotopic (exact) mass is 322 g/mol. The fourth-order valence-corrected chi connectivity index (χ4v) is 2.72. The molecular weight excluding hydrogens is 306 g/mol. The van der Waals surface area contributed by atoms with Crippen molar-refractivity contribution in [3.05, 3.63) is 39.9 Å². The summed E-state index contributed by atoms with van der Waals surface area (Å²) in [4.78, 5) is 26.4. The molecule has 1 fully saturated rings. The molecule has 0 aliphatic carbocycles. The van der Waals surface area contributed by atoms with Crippen molar-refractivity contribution in [2.24, 2.45) is 4.99 Å². The molecule has 0 bridgehead atoms. The van der Waals surface area contributed by atoms with Crippen molar-refractivity contribution < 1.29 is 14.8 Å². The van der Waals surface area contributed by atoms with E-state index in [1.54, 1.807) is 12.1 Å². The van der Waals surface area contributed by atoms with Crippen LogP contribution in [0.4, 0.5) is 10.5 Å². The molecule has 0 spiro atoms. The normalized spacial score (nSPS) is 18.5. The number of carbonyl (C=O) groups is 1. The quantitative estimate of drug-likeness (QED) is 0.296. The molecule has 1 aromatic carbocycles. The van der Waals surface area contributed by atoms with Crippen molar-refractivity contribution >= 4 is 30.2 Å². The van der Waals surface area contributed by atoms with E-state index in [2.05, 4.69) is 17.6 Å². The maximum Gasteiger partial charge on any atom is 0.269 e. The van der Waals surface area contributed by atoms with Crippen LogP contribution in [0.15, 0.2) is 29.3 Å². The molecule has 0 saturated carbocycles. The fourth-order valence-electron chi connectivity index (χ4n) is 2.41. The lowest BCUT2D eigenvalue weighted by Crippen LogP contribution is -2.32. The van der Waals surface area contributed by atoms with Crippen molar-refractivity contribution in [3.63, 3.8) is 0 Å². The van der Waals surface area contributed by atoms with E-state index in [9.17, 15) is 20.0 Å². The van der Waals surface area contributed by atoms with Gasteiger partial charge in [-0.2, -0.15) is 12.6 Å². The summed E-state index contributed by atoms with van der Waals surface area (Å²) in [5.74, 6) is 0.468. The molecule has 118 valence electrons. The van der Waals surface area contributed by atoms with Gasteiger partial charge >= 0.3 is 0 Å². The summed E-state index contributed by atoms with van der Waals surface area (Å²) in [7, 11) is 0. The Kier molecular flexibility index (Phi) is 5.37. The van der Waals surface area contributed by atoms with E-state index in [1.165, 1.54) is 12.1 Å². The molecule has 1 atom stereocenters. The summed E-state index contributed by atoms with van der Waals surface area (Å²) in [6, 6.07) is 6.20. The van der Waals surface area contributed by atoms with Crippen LogP contribution >= 0.6 is 12.6 Å². The molecule has 0 N–H and O–H groups in total. The Hall–Kier alpha value is -2.09. The smallest absolute Gasteiger partial charge is 0.269 e. The molecule has 7 nitrogen and oxygen atoms in total. The van der Waals surface area contributed by atoms with E-state index >= 15 is 0 Å². The van der Waals surface area contributed by atoms with Crippen LogP contribution < -0.4 is 5.11 Å². The van der Waals surface area contributed by atoms with Crippen molar-refractivity contribution in [2.75, 3.05) is 13.1 Å². The number of aliphatic imine (C=N–C) groups is 1. The predicted molar refractivity (Wildman–Crippen MR) is 83.2 cm³/mol. The zero-order valence-electron chi connectivity index (χ0n) is 11.8. The number of hydrogen-bond donors (Lipinski definition) is 1. The van der Waals surface area contributed by atoms with Gasteiger partial charge in [0.05, 0.1) is 4.92 Å². The van der Waals surface area contributed by atoms with Gasteiger partial charge in [0.2, 0.25) is 0 Å². The second-order valence-corrected chi connectivity index (χ2v) is 5.84. The number of benzene rings is 1. The minimum Gasteiger partial charge on any atom is -0.528 e. The Bertz CT molecular complexity index is 588. The third kappa shape index (κ3) is 4.45. The number of amides is 1. The van der Waals surface area contributed by atoms with Crippen LogP contribution in [-0.2, 0) is 6.42 Å². The average molecular weight is 322 g/mol. The van der Waals surface area contributed by atoms with Gasteiger partial charge in [-0.05, 0) is 18.4 Å². The molecule has 1 aliphatic heterocycles. The SMILES string of the molecule is O=C([O-])N=C(CCc1ccc([N+](=O)[O-])cc1)N1CC[C@H](S)C1. The number of carbonyl (C=O) groups excluding carboxylic acids is 1. The van der Waals surface area contributed by atoms with Gasteiger partial charge in [-0.25, -0.2) is 4.99 Å². The van der Waals surface area contributed by atoms with E-state index < -0.39 is 11.0 Å². The summed E-state index contributed by atoms with van der Waals surface area (Å²) >= 11 is 4.38. The standard InChI is InChI=1S/C14H17N3O4S/c18-14(19)15-13(16-8-7-12(22)9-16)6-3-10-1-4-11(5-2-10)17(20)21/h1-2,4-5,12,22H,3,6-9H2,(H,18,19)/p-1/t12-/m0/s1. The number of nitrogens with zero attached hydrogens (tertiary/aromatic N) is 3. The molecule has 2 rings (SSSR count). The number of non-ortho nitro benzene ring substituents is 1. The van der Waals surface area contributed by atoms with Crippen molar-refractivity contribution in [2.45, 2.75) is 24.5 Å². The van der Waals surface area contributed by atoms with E-state index in [0.29, 0.717) is 25.2 Å². The van der Waals surface area contributed by atoms with Gasteiger partial charge in [0.15, 0.2) is 6.09 Å². The van der Waals surface area contributed by atoms with Gasteiger partial charge in [-0.1, -0.05) is 12.1 Å². The van der Waals surface area contributed by atoms with Crippen LogP contribution in [0.2, 0.25) is 0 Å². The molecule has 0 radical (unpaired) electrons. The lowest BCUT2D eigenvalue weighted by molar-refractivity contribution is -0.384. The highest BCUT2D eigenvalue weighted by molar-refractivity contribution is 7.81. The summed E-state index contributed by atoms with van der Waals surface area (Å²) in [5.41, 5.74) is 0.920. The molecular formula is C14H16N3O4S-. The van der Waals surface area contributed by atoms with Crippen LogP contribution in [0, 0.1) is 10.1 Å². The topological polar surface area (TPSA) is 98.9 Å². The summed E-state index contributed by atoms with van der Waals surface area (Å²) in [6.45, 7) is 1.38. The van der Waals surface area contributed by atoms with Gasteiger partial charge in [0.25, 0.3) is 5.69 Å². The number of aryl methyl sites for hydroxylation is 1. The Labute approximate surface area is 133 Å².